The molecule has 0 radical (unpaired) electrons. The molecule has 0 spiro atoms. The molecule has 1 rings (SSSR count). The Bertz CT molecular complexity index is 109. The molecular formula is C6H11NO. The van der Waals surface area contributed by atoms with E-state index in [4.69, 9.17) is 10.8 Å². The molecule has 1 aliphatic carbocycles. The highest BCUT2D eigenvalue weighted by Crippen LogP contribution is 2.22. The number of hydrogen-bond acceptors (Lipinski definition) is 2. The van der Waals surface area contributed by atoms with Crippen molar-refractivity contribution in [3.63, 3.8) is 0 Å². The van der Waals surface area contributed by atoms with Gasteiger partial charge in [0.2, 0.25) is 0 Å². The van der Waals surface area contributed by atoms with Crippen LogP contribution in [0.25, 0.3) is 0 Å². The van der Waals surface area contributed by atoms with Crippen LogP contribution in [0.1, 0.15) is 19.3 Å². The van der Waals surface area contributed by atoms with Crippen LogP contribution >= 0.6 is 0 Å². The third kappa shape index (κ3) is 0.842. The highest BCUT2D eigenvalue weighted by Gasteiger charge is 2.16. The van der Waals surface area contributed by atoms with Crippen LogP contribution in [-0.2, 0) is 0 Å². The molecule has 2 nitrogen and oxygen atoms in total. The van der Waals surface area contributed by atoms with Gasteiger partial charge in [0.1, 0.15) is 0 Å². The van der Waals surface area contributed by atoms with Crippen molar-refractivity contribution < 1.29 is 5.11 Å². The Morgan fingerprint density at radius 3 is 2.75 bits per heavy atom. The van der Waals surface area contributed by atoms with Gasteiger partial charge in [-0.25, -0.2) is 0 Å². The molecule has 1 fully saturated rings. The van der Waals surface area contributed by atoms with E-state index in [1.807, 2.05) is 0 Å². The van der Waals surface area contributed by atoms with Gasteiger partial charge in [-0.3, -0.25) is 0 Å². The molecule has 0 aromatic rings. The third-order valence-corrected chi connectivity index (χ3v) is 1.59. The smallest absolute Gasteiger partial charge is 0.0767 e. The first kappa shape index (κ1) is 5.63. The fourth-order valence-corrected chi connectivity index (χ4v) is 1.05. The minimum absolute atomic E-state index is 0.236. The van der Waals surface area contributed by atoms with Crippen LogP contribution in [0.5, 0.6) is 0 Å². The van der Waals surface area contributed by atoms with E-state index in [1.165, 1.54) is 6.20 Å². The molecule has 0 aliphatic heterocycles. The van der Waals surface area contributed by atoms with E-state index in [2.05, 4.69) is 0 Å². The summed E-state index contributed by atoms with van der Waals surface area (Å²) in [7, 11) is 0. The van der Waals surface area contributed by atoms with Gasteiger partial charge in [-0.15, -0.1) is 0 Å². The summed E-state index contributed by atoms with van der Waals surface area (Å²) < 4.78 is 0. The average Bonchev–Trinajstić information content (AvgIpc) is 2.14. The molecule has 0 saturated heterocycles. The van der Waals surface area contributed by atoms with E-state index < -0.39 is 0 Å². The standard InChI is InChI=1S/C6H11NO/c7-4-5-2-1-3-6(5)8/h4,6,8H,1-3,7H2/b5-4+. The lowest BCUT2D eigenvalue weighted by molar-refractivity contribution is 0.217. The van der Waals surface area contributed by atoms with Crippen molar-refractivity contribution in [2.75, 3.05) is 0 Å². The quantitative estimate of drug-likeness (QED) is 0.477. The molecule has 3 N–H and O–H groups in total. The zero-order chi connectivity index (χ0) is 5.98. The molecule has 0 aromatic heterocycles. The molecule has 2 heteroatoms. The molecule has 1 aliphatic rings. The Balaban J connectivity index is 2.55. The van der Waals surface area contributed by atoms with Gasteiger partial charge in [0.05, 0.1) is 6.10 Å². The van der Waals surface area contributed by atoms with Crippen molar-refractivity contribution >= 4 is 0 Å². The highest BCUT2D eigenvalue weighted by atomic mass is 16.3. The number of aliphatic hydroxyl groups is 1. The maximum Gasteiger partial charge on any atom is 0.0767 e. The third-order valence-electron chi connectivity index (χ3n) is 1.59. The zero-order valence-corrected chi connectivity index (χ0v) is 4.80. The normalized spacial score (nSPS) is 34.1. The van der Waals surface area contributed by atoms with E-state index in [0.717, 1.165) is 24.8 Å². The van der Waals surface area contributed by atoms with Crippen molar-refractivity contribution in [1.29, 1.82) is 0 Å². The predicted molar refractivity (Wildman–Crippen MR) is 32.1 cm³/mol. The van der Waals surface area contributed by atoms with Crippen LogP contribution in [0.15, 0.2) is 11.8 Å². The summed E-state index contributed by atoms with van der Waals surface area (Å²) in [6.45, 7) is 0. The first-order valence-corrected chi connectivity index (χ1v) is 2.93. The Morgan fingerprint density at radius 2 is 2.50 bits per heavy atom. The fourth-order valence-electron chi connectivity index (χ4n) is 1.05. The second-order valence-electron chi connectivity index (χ2n) is 2.15. The van der Waals surface area contributed by atoms with Gasteiger partial charge < -0.3 is 10.8 Å². The van der Waals surface area contributed by atoms with E-state index in [9.17, 15) is 0 Å². The minimum Gasteiger partial charge on any atom is -0.405 e. The lowest BCUT2D eigenvalue weighted by Gasteiger charge is -1.99. The van der Waals surface area contributed by atoms with Gasteiger partial charge in [-0.1, -0.05) is 0 Å². The van der Waals surface area contributed by atoms with Gasteiger partial charge >= 0.3 is 0 Å². The minimum atomic E-state index is -0.236. The molecule has 46 valence electrons. The van der Waals surface area contributed by atoms with Crippen LogP contribution in [-0.4, -0.2) is 11.2 Å². The fraction of sp³-hybridized carbons (Fsp3) is 0.667. The van der Waals surface area contributed by atoms with Crippen LogP contribution < -0.4 is 5.73 Å². The van der Waals surface area contributed by atoms with Crippen molar-refractivity contribution in [1.82, 2.24) is 0 Å². The molecule has 1 unspecified atom stereocenters. The number of rotatable bonds is 0. The summed E-state index contributed by atoms with van der Waals surface area (Å²) >= 11 is 0. The highest BCUT2D eigenvalue weighted by molar-refractivity contribution is 5.10. The summed E-state index contributed by atoms with van der Waals surface area (Å²) in [6, 6.07) is 0. The Kier molecular flexibility index (Phi) is 1.53. The van der Waals surface area contributed by atoms with E-state index in [1.54, 1.807) is 0 Å². The van der Waals surface area contributed by atoms with E-state index >= 15 is 0 Å². The average molecular weight is 113 g/mol. The number of hydrogen-bond donors (Lipinski definition) is 2. The van der Waals surface area contributed by atoms with Crippen molar-refractivity contribution in [2.24, 2.45) is 5.73 Å². The monoisotopic (exact) mass is 113 g/mol. The second-order valence-corrected chi connectivity index (χ2v) is 2.15. The lowest BCUT2D eigenvalue weighted by atomic mass is 10.2. The second kappa shape index (κ2) is 2.18. The molecule has 0 aromatic carbocycles. The summed E-state index contributed by atoms with van der Waals surface area (Å²) in [5, 5.41) is 9.04. The van der Waals surface area contributed by atoms with Crippen LogP contribution in [0.3, 0.4) is 0 Å². The first-order chi connectivity index (χ1) is 3.84. The summed E-state index contributed by atoms with van der Waals surface area (Å²) in [6.07, 6.45) is 4.25. The van der Waals surface area contributed by atoms with Crippen LogP contribution in [0.4, 0.5) is 0 Å². The summed E-state index contributed by atoms with van der Waals surface area (Å²) in [5.41, 5.74) is 6.21. The maximum atomic E-state index is 9.04. The van der Waals surface area contributed by atoms with Crippen molar-refractivity contribution in [3.05, 3.63) is 11.8 Å². The predicted octanol–water partition coefficient (Wildman–Crippen LogP) is 0.374. The van der Waals surface area contributed by atoms with Gasteiger partial charge in [0.25, 0.3) is 0 Å². The van der Waals surface area contributed by atoms with E-state index in [0.29, 0.717) is 0 Å². The van der Waals surface area contributed by atoms with Gasteiger partial charge in [-0.2, -0.15) is 0 Å². The molecule has 1 atom stereocenters. The molecule has 8 heavy (non-hydrogen) atoms. The molecule has 1 saturated carbocycles. The molecule has 0 amide bonds. The van der Waals surface area contributed by atoms with Crippen molar-refractivity contribution in [2.45, 2.75) is 25.4 Å². The topological polar surface area (TPSA) is 46.2 Å². The van der Waals surface area contributed by atoms with Gasteiger partial charge in [0, 0.05) is 0 Å². The van der Waals surface area contributed by atoms with Crippen LogP contribution in [0.2, 0.25) is 0 Å². The molecule has 0 heterocycles. The number of nitrogens with two attached hydrogens (primary N) is 1. The van der Waals surface area contributed by atoms with E-state index in [-0.39, 0.29) is 6.10 Å². The summed E-state index contributed by atoms with van der Waals surface area (Å²) in [5.74, 6) is 0. The molecular weight excluding hydrogens is 102 g/mol. The number of aliphatic hydroxyl groups excluding tert-OH is 1. The van der Waals surface area contributed by atoms with Crippen molar-refractivity contribution in [3.8, 4) is 0 Å². The lowest BCUT2D eigenvalue weighted by Crippen LogP contribution is -2.02. The first-order valence-electron chi connectivity index (χ1n) is 2.93. The Labute approximate surface area is 49.0 Å². The maximum absolute atomic E-state index is 9.04. The Hall–Kier alpha value is -0.500. The zero-order valence-electron chi connectivity index (χ0n) is 4.80. The van der Waals surface area contributed by atoms with Gasteiger partial charge in [0.15, 0.2) is 0 Å². The Morgan fingerprint density at radius 1 is 1.75 bits per heavy atom. The van der Waals surface area contributed by atoms with Gasteiger partial charge in [-0.05, 0) is 31.0 Å². The largest absolute Gasteiger partial charge is 0.405 e. The van der Waals surface area contributed by atoms with Crippen LogP contribution in [0, 0.1) is 0 Å². The molecule has 0 bridgehead atoms. The summed E-state index contributed by atoms with van der Waals surface area (Å²) in [4.78, 5) is 0. The SMILES string of the molecule is N/C=C1\CCCC1O.